The van der Waals surface area contributed by atoms with Crippen LogP contribution in [0.25, 0.3) is 0 Å². The van der Waals surface area contributed by atoms with Crippen LogP contribution in [0.3, 0.4) is 0 Å². The van der Waals surface area contributed by atoms with Gasteiger partial charge in [0.05, 0.1) is 12.6 Å². The lowest BCUT2D eigenvalue weighted by molar-refractivity contribution is -0.130. The van der Waals surface area contributed by atoms with E-state index in [0.29, 0.717) is 13.1 Å². The van der Waals surface area contributed by atoms with Gasteiger partial charge >= 0.3 is 5.69 Å². The van der Waals surface area contributed by atoms with Crippen molar-refractivity contribution in [2.75, 3.05) is 30.8 Å². The van der Waals surface area contributed by atoms with Crippen LogP contribution in [-0.4, -0.2) is 40.5 Å². The summed E-state index contributed by atoms with van der Waals surface area (Å²) < 4.78 is 1.37. The first-order valence-electron chi connectivity index (χ1n) is 10.7. The SMILES string of the molecule is CC(C)CN(CC(=O)N(C)C(C)c1ccccc1)c1c(N)n(CC(C)C)c(=O)[nH]c1=O. The first kappa shape index (κ1) is 24.2. The van der Waals surface area contributed by atoms with E-state index in [4.69, 9.17) is 5.73 Å². The second-order valence-corrected chi connectivity index (χ2v) is 8.86. The number of benzene rings is 1. The van der Waals surface area contributed by atoms with Crippen molar-refractivity contribution >= 4 is 17.4 Å². The number of hydrogen-bond donors (Lipinski definition) is 2. The fourth-order valence-corrected chi connectivity index (χ4v) is 3.55. The van der Waals surface area contributed by atoms with Crippen LogP contribution in [0, 0.1) is 11.8 Å². The third-order valence-electron chi connectivity index (χ3n) is 5.25. The van der Waals surface area contributed by atoms with Gasteiger partial charge in [0.1, 0.15) is 11.5 Å². The van der Waals surface area contributed by atoms with Crippen molar-refractivity contribution in [1.82, 2.24) is 14.5 Å². The van der Waals surface area contributed by atoms with Crippen LogP contribution in [0.5, 0.6) is 0 Å². The van der Waals surface area contributed by atoms with Crippen LogP contribution in [0.1, 0.15) is 46.2 Å². The van der Waals surface area contributed by atoms with Crippen LogP contribution in [0.15, 0.2) is 39.9 Å². The lowest BCUT2D eigenvalue weighted by atomic mass is 10.1. The molecule has 0 aliphatic rings. The summed E-state index contributed by atoms with van der Waals surface area (Å²) in [6.45, 7) is 10.7. The molecule has 0 aliphatic heterocycles. The molecule has 2 aromatic rings. The summed E-state index contributed by atoms with van der Waals surface area (Å²) in [5.41, 5.74) is 6.37. The summed E-state index contributed by atoms with van der Waals surface area (Å²) in [5.74, 6) is 0.290. The van der Waals surface area contributed by atoms with Crippen LogP contribution >= 0.6 is 0 Å². The Kier molecular flexibility index (Phi) is 8.08. The number of rotatable bonds is 9. The molecule has 1 heterocycles. The van der Waals surface area contributed by atoms with Crippen molar-refractivity contribution in [2.24, 2.45) is 11.8 Å². The molecule has 1 aromatic carbocycles. The summed E-state index contributed by atoms with van der Waals surface area (Å²) in [5, 5.41) is 0. The van der Waals surface area contributed by atoms with Gasteiger partial charge in [-0.2, -0.15) is 0 Å². The van der Waals surface area contributed by atoms with Gasteiger partial charge in [0, 0.05) is 20.1 Å². The van der Waals surface area contributed by atoms with Crippen LogP contribution in [-0.2, 0) is 11.3 Å². The number of nitrogen functional groups attached to an aromatic ring is 1. The lowest BCUT2D eigenvalue weighted by Gasteiger charge is -2.31. The number of anilines is 2. The van der Waals surface area contributed by atoms with E-state index in [1.54, 1.807) is 16.8 Å². The van der Waals surface area contributed by atoms with Crippen LogP contribution in [0.2, 0.25) is 0 Å². The Bertz CT molecular complexity index is 995. The normalized spacial score (nSPS) is 12.3. The molecule has 1 unspecified atom stereocenters. The minimum atomic E-state index is -0.574. The first-order valence-corrected chi connectivity index (χ1v) is 10.7. The Hall–Kier alpha value is -3.03. The molecule has 8 heteroatoms. The average molecular weight is 430 g/mol. The molecule has 0 bridgehead atoms. The summed E-state index contributed by atoms with van der Waals surface area (Å²) in [4.78, 5) is 43.9. The largest absolute Gasteiger partial charge is 0.383 e. The molecule has 0 saturated carbocycles. The summed E-state index contributed by atoms with van der Waals surface area (Å²) in [6, 6.07) is 9.64. The molecule has 2 rings (SSSR count). The molecule has 0 aliphatic carbocycles. The van der Waals surface area contributed by atoms with Gasteiger partial charge < -0.3 is 15.5 Å². The minimum Gasteiger partial charge on any atom is -0.383 e. The number of aromatic nitrogens is 2. The molecule has 0 fully saturated rings. The van der Waals surface area contributed by atoms with E-state index in [1.165, 1.54) is 4.57 Å². The van der Waals surface area contributed by atoms with Gasteiger partial charge in [-0.05, 0) is 24.3 Å². The molecule has 31 heavy (non-hydrogen) atoms. The van der Waals surface area contributed by atoms with Gasteiger partial charge in [0.25, 0.3) is 5.56 Å². The van der Waals surface area contributed by atoms with Crippen molar-refractivity contribution in [1.29, 1.82) is 0 Å². The second kappa shape index (κ2) is 10.3. The smallest absolute Gasteiger partial charge is 0.330 e. The number of hydrogen-bond acceptors (Lipinski definition) is 5. The van der Waals surface area contributed by atoms with Crippen molar-refractivity contribution < 1.29 is 4.79 Å². The van der Waals surface area contributed by atoms with E-state index in [9.17, 15) is 14.4 Å². The highest BCUT2D eigenvalue weighted by Crippen LogP contribution is 2.22. The zero-order chi connectivity index (χ0) is 23.3. The fourth-order valence-electron chi connectivity index (χ4n) is 3.55. The quantitative estimate of drug-likeness (QED) is 0.637. The molecule has 0 radical (unpaired) electrons. The maximum absolute atomic E-state index is 13.1. The lowest BCUT2D eigenvalue weighted by Crippen LogP contribution is -2.45. The number of carbonyl (C=O) groups is 1. The highest BCUT2D eigenvalue weighted by Gasteiger charge is 2.25. The Morgan fingerprint density at radius 1 is 1.06 bits per heavy atom. The average Bonchev–Trinajstić information content (AvgIpc) is 2.69. The van der Waals surface area contributed by atoms with Crippen molar-refractivity contribution in [3.63, 3.8) is 0 Å². The maximum atomic E-state index is 13.1. The predicted molar refractivity (Wildman–Crippen MR) is 125 cm³/mol. The number of aromatic amines is 1. The van der Waals surface area contributed by atoms with E-state index in [0.717, 1.165) is 5.56 Å². The van der Waals surface area contributed by atoms with E-state index in [2.05, 4.69) is 4.98 Å². The topological polar surface area (TPSA) is 104 Å². The molecule has 170 valence electrons. The van der Waals surface area contributed by atoms with E-state index >= 15 is 0 Å². The monoisotopic (exact) mass is 429 g/mol. The molecule has 1 atom stereocenters. The Labute approximate surface area is 183 Å². The Balaban J connectivity index is 2.39. The van der Waals surface area contributed by atoms with E-state index in [1.807, 2.05) is 65.0 Å². The standard InChI is InChI=1S/C23H35N5O3/c1-15(2)12-27(14-19(29)26(6)17(5)18-10-8-7-9-11-18)20-21(24)28(13-16(3)4)23(31)25-22(20)30/h7-11,15-17H,12-14,24H2,1-6H3,(H,25,30,31). The van der Waals surface area contributed by atoms with Crippen molar-refractivity contribution in [3.8, 4) is 0 Å². The Morgan fingerprint density at radius 3 is 2.23 bits per heavy atom. The molecule has 0 spiro atoms. The van der Waals surface area contributed by atoms with E-state index < -0.39 is 11.2 Å². The van der Waals surface area contributed by atoms with Crippen molar-refractivity contribution in [2.45, 2.75) is 47.2 Å². The van der Waals surface area contributed by atoms with Gasteiger partial charge in [-0.1, -0.05) is 58.0 Å². The minimum absolute atomic E-state index is 0.0149. The molecular formula is C23H35N5O3. The fraction of sp³-hybridized carbons (Fsp3) is 0.522. The first-order chi connectivity index (χ1) is 14.5. The van der Waals surface area contributed by atoms with E-state index in [-0.39, 0.29) is 41.8 Å². The van der Waals surface area contributed by atoms with Gasteiger partial charge in [0.2, 0.25) is 5.91 Å². The third-order valence-corrected chi connectivity index (χ3v) is 5.25. The van der Waals surface area contributed by atoms with Crippen LogP contribution < -0.4 is 21.9 Å². The van der Waals surface area contributed by atoms with Gasteiger partial charge in [0.15, 0.2) is 0 Å². The molecule has 8 nitrogen and oxygen atoms in total. The number of nitrogens with zero attached hydrogens (tertiary/aromatic N) is 3. The third kappa shape index (κ3) is 5.99. The second-order valence-electron chi connectivity index (χ2n) is 8.86. The molecular weight excluding hydrogens is 394 g/mol. The zero-order valence-electron chi connectivity index (χ0n) is 19.4. The summed E-state index contributed by atoms with van der Waals surface area (Å²) in [6.07, 6.45) is 0. The molecule has 1 aromatic heterocycles. The zero-order valence-corrected chi connectivity index (χ0v) is 19.4. The van der Waals surface area contributed by atoms with Gasteiger partial charge in [-0.25, -0.2) is 4.79 Å². The highest BCUT2D eigenvalue weighted by atomic mass is 16.2. The van der Waals surface area contributed by atoms with Crippen molar-refractivity contribution in [3.05, 3.63) is 56.7 Å². The maximum Gasteiger partial charge on any atom is 0.330 e. The number of H-pyrrole nitrogens is 1. The number of likely N-dealkylation sites (N-methyl/N-ethyl adjacent to an activating group) is 1. The summed E-state index contributed by atoms with van der Waals surface area (Å²) in [7, 11) is 1.75. The van der Waals surface area contributed by atoms with Crippen LogP contribution in [0.4, 0.5) is 11.5 Å². The molecule has 0 saturated heterocycles. The number of amides is 1. The van der Waals surface area contributed by atoms with Gasteiger partial charge in [-0.15, -0.1) is 0 Å². The molecule has 3 N–H and O–H groups in total. The predicted octanol–water partition coefficient (Wildman–Crippen LogP) is 2.46. The number of nitrogens with two attached hydrogens (primary N) is 1. The van der Waals surface area contributed by atoms with Gasteiger partial charge in [-0.3, -0.25) is 19.1 Å². The highest BCUT2D eigenvalue weighted by molar-refractivity contribution is 5.82. The number of nitrogens with one attached hydrogen (secondary N) is 1. The number of carbonyl (C=O) groups excluding carboxylic acids is 1. The Morgan fingerprint density at radius 2 is 1.68 bits per heavy atom. The molecule has 1 amide bonds. The summed E-state index contributed by atoms with van der Waals surface area (Å²) >= 11 is 0.